The Morgan fingerprint density at radius 1 is 1.47 bits per heavy atom. The van der Waals surface area contributed by atoms with Crippen LogP contribution in [0.2, 0.25) is 0 Å². The van der Waals surface area contributed by atoms with E-state index in [4.69, 9.17) is 4.52 Å². The van der Waals surface area contributed by atoms with Crippen molar-refractivity contribution >= 4 is 17.7 Å². The quantitative estimate of drug-likeness (QED) is 0.446. The number of hydrogen-bond acceptors (Lipinski definition) is 5. The maximum atomic E-state index is 4.99. The third-order valence-electron chi connectivity index (χ3n) is 1.88. The molecule has 0 unspecified atom stereocenters. The van der Waals surface area contributed by atoms with Crippen LogP contribution < -0.4 is 10.6 Å². The number of nitrogens with zero attached hydrogens (tertiary/aromatic N) is 3. The van der Waals surface area contributed by atoms with Crippen molar-refractivity contribution in [3.05, 3.63) is 11.7 Å². The van der Waals surface area contributed by atoms with Crippen LogP contribution in [0.4, 0.5) is 0 Å². The summed E-state index contributed by atoms with van der Waals surface area (Å²) in [5.74, 6) is 2.99. The van der Waals surface area contributed by atoms with Crippen LogP contribution in [0.5, 0.6) is 0 Å². The summed E-state index contributed by atoms with van der Waals surface area (Å²) < 4.78 is 4.99. The molecule has 1 rings (SSSR count). The van der Waals surface area contributed by atoms with Crippen molar-refractivity contribution in [2.24, 2.45) is 4.99 Å². The van der Waals surface area contributed by atoms with E-state index in [0.717, 1.165) is 24.8 Å². The Morgan fingerprint density at radius 2 is 2.29 bits per heavy atom. The molecule has 0 aliphatic carbocycles. The van der Waals surface area contributed by atoms with Crippen molar-refractivity contribution in [1.29, 1.82) is 0 Å². The first-order valence-corrected chi connectivity index (χ1v) is 6.96. The van der Waals surface area contributed by atoms with Gasteiger partial charge in [-0.3, -0.25) is 0 Å². The maximum absolute atomic E-state index is 4.99. The van der Waals surface area contributed by atoms with Gasteiger partial charge in [0.2, 0.25) is 5.89 Å². The van der Waals surface area contributed by atoms with Crippen LogP contribution in [-0.4, -0.2) is 41.2 Å². The molecule has 0 spiro atoms. The molecule has 96 valence electrons. The minimum Gasteiger partial charge on any atom is -0.357 e. The number of aliphatic imine (C=N–C) groups is 1. The monoisotopic (exact) mass is 257 g/mol. The summed E-state index contributed by atoms with van der Waals surface area (Å²) in [4.78, 5) is 8.45. The Bertz CT molecular complexity index is 352. The smallest absolute Gasteiger partial charge is 0.248 e. The zero-order valence-corrected chi connectivity index (χ0v) is 11.3. The molecule has 2 N–H and O–H groups in total. The summed E-state index contributed by atoms with van der Waals surface area (Å²) >= 11 is 1.79. The van der Waals surface area contributed by atoms with E-state index >= 15 is 0 Å². The molecule has 0 aliphatic rings. The molecular weight excluding hydrogens is 238 g/mol. The lowest BCUT2D eigenvalue weighted by Gasteiger charge is -2.09. The molecular formula is C10H19N5OS. The summed E-state index contributed by atoms with van der Waals surface area (Å²) in [7, 11) is 0. The largest absolute Gasteiger partial charge is 0.357 e. The van der Waals surface area contributed by atoms with Crippen molar-refractivity contribution in [2.75, 3.05) is 25.1 Å². The van der Waals surface area contributed by atoms with Gasteiger partial charge in [0.25, 0.3) is 0 Å². The molecule has 0 saturated heterocycles. The second-order valence-corrected chi connectivity index (χ2v) is 4.34. The van der Waals surface area contributed by atoms with Crippen LogP contribution >= 0.6 is 11.8 Å². The molecule has 7 heteroatoms. The molecule has 6 nitrogen and oxygen atoms in total. The maximum Gasteiger partial charge on any atom is 0.248 e. The molecule has 0 bridgehead atoms. The molecule has 1 aromatic rings. The van der Waals surface area contributed by atoms with Gasteiger partial charge in [0, 0.05) is 18.8 Å². The van der Waals surface area contributed by atoms with Crippen LogP contribution in [0.1, 0.15) is 18.6 Å². The van der Waals surface area contributed by atoms with E-state index in [-0.39, 0.29) is 0 Å². The fraction of sp³-hybridized carbons (Fsp3) is 0.700. The molecule has 0 atom stereocenters. The molecule has 0 saturated carbocycles. The predicted octanol–water partition coefficient (Wildman–Crippen LogP) is 0.796. The Hall–Kier alpha value is -1.24. The highest BCUT2D eigenvalue weighted by atomic mass is 32.2. The second kappa shape index (κ2) is 7.94. The summed E-state index contributed by atoms with van der Waals surface area (Å²) in [6, 6.07) is 0. The molecule has 17 heavy (non-hydrogen) atoms. The Morgan fingerprint density at radius 3 is 2.88 bits per heavy atom. The van der Waals surface area contributed by atoms with Crippen molar-refractivity contribution in [2.45, 2.75) is 20.4 Å². The molecule has 1 aromatic heterocycles. The van der Waals surface area contributed by atoms with Gasteiger partial charge in [0.1, 0.15) is 6.54 Å². The van der Waals surface area contributed by atoms with Crippen LogP contribution in [0.25, 0.3) is 0 Å². The van der Waals surface area contributed by atoms with Crippen LogP contribution in [0.3, 0.4) is 0 Å². The van der Waals surface area contributed by atoms with Gasteiger partial charge in [-0.05, 0) is 20.1 Å². The summed E-state index contributed by atoms with van der Waals surface area (Å²) in [6.07, 6.45) is 2.08. The first kappa shape index (κ1) is 13.8. The van der Waals surface area contributed by atoms with E-state index in [1.54, 1.807) is 18.7 Å². The molecule has 0 aromatic carbocycles. The Balaban J connectivity index is 2.44. The van der Waals surface area contributed by atoms with Gasteiger partial charge in [0.15, 0.2) is 11.8 Å². The highest BCUT2D eigenvalue weighted by Gasteiger charge is 2.02. The topological polar surface area (TPSA) is 75.3 Å². The summed E-state index contributed by atoms with van der Waals surface area (Å²) in [5.41, 5.74) is 0. The molecule has 1 heterocycles. The van der Waals surface area contributed by atoms with Gasteiger partial charge in [-0.2, -0.15) is 16.7 Å². The van der Waals surface area contributed by atoms with E-state index in [1.165, 1.54) is 0 Å². The number of rotatable bonds is 6. The summed E-state index contributed by atoms with van der Waals surface area (Å²) in [5, 5.41) is 10.1. The third-order valence-corrected chi connectivity index (χ3v) is 2.50. The Labute approximate surface area is 106 Å². The van der Waals surface area contributed by atoms with Gasteiger partial charge in [-0.1, -0.05) is 5.16 Å². The van der Waals surface area contributed by atoms with Crippen molar-refractivity contribution in [3.63, 3.8) is 0 Å². The molecule has 0 amide bonds. The average molecular weight is 257 g/mol. The van der Waals surface area contributed by atoms with Gasteiger partial charge in [-0.25, -0.2) is 4.99 Å². The highest BCUT2D eigenvalue weighted by molar-refractivity contribution is 7.98. The van der Waals surface area contributed by atoms with Crippen LogP contribution in [-0.2, 0) is 6.54 Å². The lowest BCUT2D eigenvalue weighted by Crippen LogP contribution is -2.38. The minimum atomic E-state index is 0.398. The lowest BCUT2D eigenvalue weighted by atomic mass is 10.6. The number of thioether (sulfide) groups is 1. The van der Waals surface area contributed by atoms with E-state index in [2.05, 4.69) is 32.0 Å². The van der Waals surface area contributed by atoms with E-state index in [9.17, 15) is 0 Å². The molecule has 0 fully saturated rings. The van der Waals surface area contributed by atoms with Crippen molar-refractivity contribution < 1.29 is 4.52 Å². The first-order chi connectivity index (χ1) is 8.26. The van der Waals surface area contributed by atoms with Gasteiger partial charge >= 0.3 is 0 Å². The first-order valence-electron chi connectivity index (χ1n) is 5.56. The zero-order chi connectivity index (χ0) is 12.5. The minimum absolute atomic E-state index is 0.398. The van der Waals surface area contributed by atoms with Crippen molar-refractivity contribution in [1.82, 2.24) is 20.8 Å². The Kier molecular flexibility index (Phi) is 6.46. The highest BCUT2D eigenvalue weighted by Crippen LogP contribution is 1.97. The lowest BCUT2D eigenvalue weighted by molar-refractivity contribution is 0.376. The van der Waals surface area contributed by atoms with Gasteiger partial charge in [0.05, 0.1) is 0 Å². The number of aromatic nitrogens is 2. The molecule has 0 aliphatic heterocycles. The SMILES string of the molecule is CCNC(=NCc1nc(C)no1)NCCSC. The predicted molar refractivity (Wildman–Crippen MR) is 70.2 cm³/mol. The fourth-order valence-electron chi connectivity index (χ4n) is 1.16. The number of guanidine groups is 1. The molecule has 0 radical (unpaired) electrons. The van der Waals surface area contributed by atoms with Crippen LogP contribution in [0, 0.1) is 6.92 Å². The van der Waals surface area contributed by atoms with Gasteiger partial charge < -0.3 is 15.2 Å². The van der Waals surface area contributed by atoms with Crippen LogP contribution in [0.15, 0.2) is 9.52 Å². The fourth-order valence-corrected chi connectivity index (χ4v) is 1.47. The average Bonchev–Trinajstić information content (AvgIpc) is 2.72. The normalized spacial score (nSPS) is 11.6. The van der Waals surface area contributed by atoms with E-state index < -0.39 is 0 Å². The number of nitrogens with one attached hydrogen (secondary N) is 2. The standard InChI is InChI=1S/C10H19N5OS/c1-4-11-10(12-5-6-17-3)13-7-9-14-8(2)15-16-9/h4-7H2,1-3H3,(H2,11,12,13). The number of hydrogen-bond donors (Lipinski definition) is 2. The zero-order valence-electron chi connectivity index (χ0n) is 10.5. The van der Waals surface area contributed by atoms with Gasteiger partial charge in [-0.15, -0.1) is 0 Å². The van der Waals surface area contributed by atoms with Crippen molar-refractivity contribution in [3.8, 4) is 0 Å². The number of aryl methyl sites for hydroxylation is 1. The summed E-state index contributed by atoms with van der Waals surface area (Å²) in [6.45, 7) is 5.93. The van der Waals surface area contributed by atoms with E-state index in [1.807, 2.05) is 6.92 Å². The third kappa shape index (κ3) is 5.58. The second-order valence-electron chi connectivity index (χ2n) is 3.35. The van der Waals surface area contributed by atoms with E-state index in [0.29, 0.717) is 18.3 Å².